The molecule has 0 aromatic heterocycles. The summed E-state index contributed by atoms with van der Waals surface area (Å²) < 4.78 is 5.38. The van der Waals surface area contributed by atoms with Gasteiger partial charge in [-0.1, -0.05) is 0 Å². The molecule has 0 saturated carbocycles. The largest absolute Gasteiger partial charge is 0.508 e. The highest BCUT2D eigenvalue weighted by Gasteiger charge is 2.31. The van der Waals surface area contributed by atoms with Gasteiger partial charge in [0.2, 0.25) is 0 Å². The first-order chi connectivity index (χ1) is 11.7. The molecule has 0 radical (unpaired) electrons. The van der Waals surface area contributed by atoms with E-state index in [2.05, 4.69) is 5.32 Å². The molecule has 2 amide bonds. The number of aliphatic hydroxyl groups excluding tert-OH is 1. The number of amides is 2. The van der Waals surface area contributed by atoms with Crippen LogP contribution in [0.3, 0.4) is 0 Å². The van der Waals surface area contributed by atoms with Crippen molar-refractivity contribution in [1.29, 1.82) is 0 Å². The number of hydrogen-bond donors (Lipinski definition) is 3. The number of aliphatic hydroxyl groups is 1. The van der Waals surface area contributed by atoms with Crippen molar-refractivity contribution in [3.05, 3.63) is 29.8 Å². The first-order valence-electron chi connectivity index (χ1n) is 8.41. The molecular weight excluding hydrogens is 324 g/mol. The predicted molar refractivity (Wildman–Crippen MR) is 92.4 cm³/mol. The van der Waals surface area contributed by atoms with E-state index in [4.69, 9.17) is 4.74 Å². The molecule has 7 heteroatoms. The second-order valence-electron chi connectivity index (χ2n) is 7.26. The summed E-state index contributed by atoms with van der Waals surface area (Å²) in [6, 6.07) is 5.26. The Labute approximate surface area is 147 Å². The van der Waals surface area contributed by atoms with Gasteiger partial charge in [0.05, 0.1) is 12.1 Å². The van der Waals surface area contributed by atoms with Gasteiger partial charge in [-0.15, -0.1) is 0 Å². The molecule has 1 aliphatic heterocycles. The van der Waals surface area contributed by atoms with Gasteiger partial charge in [-0.25, -0.2) is 4.79 Å². The van der Waals surface area contributed by atoms with Crippen molar-refractivity contribution >= 4 is 12.0 Å². The van der Waals surface area contributed by atoms with E-state index in [9.17, 15) is 19.8 Å². The molecule has 138 valence electrons. The zero-order chi connectivity index (χ0) is 18.6. The maximum atomic E-state index is 12.3. The van der Waals surface area contributed by atoms with Crippen LogP contribution in [0.5, 0.6) is 5.75 Å². The minimum Gasteiger partial charge on any atom is -0.508 e. The van der Waals surface area contributed by atoms with Gasteiger partial charge in [0.15, 0.2) is 0 Å². The highest BCUT2D eigenvalue weighted by molar-refractivity contribution is 5.94. The number of likely N-dealkylation sites (tertiary alicyclic amines) is 1. The zero-order valence-corrected chi connectivity index (χ0v) is 14.9. The van der Waals surface area contributed by atoms with Crippen LogP contribution in [0.15, 0.2) is 24.3 Å². The maximum Gasteiger partial charge on any atom is 0.410 e. The number of phenols is 1. The van der Waals surface area contributed by atoms with Crippen LogP contribution < -0.4 is 5.32 Å². The Hall–Kier alpha value is -2.28. The van der Waals surface area contributed by atoms with Gasteiger partial charge < -0.3 is 25.2 Å². The van der Waals surface area contributed by atoms with E-state index < -0.39 is 23.8 Å². The number of rotatable bonds is 2. The summed E-state index contributed by atoms with van der Waals surface area (Å²) in [6.07, 6.45) is -0.0785. The summed E-state index contributed by atoms with van der Waals surface area (Å²) in [5.41, 5.74) is -0.231. The average molecular weight is 350 g/mol. The van der Waals surface area contributed by atoms with E-state index in [0.717, 1.165) is 0 Å². The van der Waals surface area contributed by atoms with E-state index in [0.29, 0.717) is 24.9 Å². The zero-order valence-electron chi connectivity index (χ0n) is 14.9. The third-order valence-electron chi connectivity index (χ3n) is 3.91. The molecule has 0 spiro atoms. The highest BCUT2D eigenvalue weighted by atomic mass is 16.6. The van der Waals surface area contributed by atoms with E-state index in [1.54, 1.807) is 20.8 Å². The second-order valence-corrected chi connectivity index (χ2v) is 7.26. The lowest BCUT2D eigenvalue weighted by atomic mass is 10.1. The Kier molecular flexibility index (Phi) is 5.89. The molecule has 1 fully saturated rings. The van der Waals surface area contributed by atoms with Crippen LogP contribution in [0.2, 0.25) is 0 Å². The minimum atomic E-state index is -0.742. The number of phenolic OH excluding ortho intramolecular Hbond substituents is 1. The Morgan fingerprint density at radius 2 is 1.88 bits per heavy atom. The summed E-state index contributed by atoms with van der Waals surface area (Å²) in [4.78, 5) is 26.2. The van der Waals surface area contributed by atoms with Crippen LogP contribution in [0, 0.1) is 0 Å². The maximum absolute atomic E-state index is 12.3. The lowest BCUT2D eigenvalue weighted by molar-refractivity contribution is 0.0223. The first kappa shape index (κ1) is 19.1. The third-order valence-corrected chi connectivity index (χ3v) is 3.91. The van der Waals surface area contributed by atoms with Gasteiger partial charge in [0.25, 0.3) is 5.91 Å². The van der Waals surface area contributed by atoms with E-state index in [1.165, 1.54) is 29.2 Å². The highest BCUT2D eigenvalue weighted by Crippen LogP contribution is 2.17. The molecule has 1 aromatic rings. The van der Waals surface area contributed by atoms with Crippen molar-refractivity contribution in [2.45, 2.75) is 51.4 Å². The molecule has 7 nitrogen and oxygen atoms in total. The molecule has 3 N–H and O–H groups in total. The molecule has 0 unspecified atom stereocenters. The Morgan fingerprint density at radius 1 is 1.24 bits per heavy atom. The van der Waals surface area contributed by atoms with Gasteiger partial charge in [-0.3, -0.25) is 4.79 Å². The van der Waals surface area contributed by atoms with Crippen LogP contribution in [-0.2, 0) is 4.74 Å². The van der Waals surface area contributed by atoms with Crippen molar-refractivity contribution < 1.29 is 24.5 Å². The topological polar surface area (TPSA) is 99.1 Å². The van der Waals surface area contributed by atoms with Crippen molar-refractivity contribution in [3.8, 4) is 5.75 Å². The SMILES string of the molecule is CC(C)(C)OC(=O)N1CCC[C@@H](O)[C@H](NC(=O)c2ccc(O)cc2)C1. The summed E-state index contributed by atoms with van der Waals surface area (Å²) >= 11 is 0. The van der Waals surface area contributed by atoms with Crippen LogP contribution in [-0.4, -0.2) is 57.9 Å². The number of aromatic hydroxyl groups is 1. The van der Waals surface area contributed by atoms with Crippen molar-refractivity contribution in [2.24, 2.45) is 0 Å². The summed E-state index contributed by atoms with van der Waals surface area (Å²) in [6.45, 7) is 6.03. The number of nitrogens with one attached hydrogen (secondary N) is 1. The van der Waals surface area contributed by atoms with Gasteiger partial charge in [0, 0.05) is 18.7 Å². The van der Waals surface area contributed by atoms with Crippen LogP contribution >= 0.6 is 0 Å². The summed E-state index contributed by atoms with van der Waals surface area (Å²) in [5, 5.41) is 22.4. The lowest BCUT2D eigenvalue weighted by Gasteiger charge is -2.29. The molecule has 25 heavy (non-hydrogen) atoms. The van der Waals surface area contributed by atoms with Gasteiger partial charge in [-0.05, 0) is 57.9 Å². The molecular formula is C18H26N2O5. The molecule has 2 rings (SSSR count). The number of carbonyl (C=O) groups is 2. The average Bonchev–Trinajstić information content (AvgIpc) is 2.68. The molecule has 0 bridgehead atoms. The van der Waals surface area contributed by atoms with Gasteiger partial charge in [-0.2, -0.15) is 0 Å². The number of ether oxygens (including phenoxy) is 1. The molecule has 0 aliphatic carbocycles. The number of carbonyl (C=O) groups excluding carboxylic acids is 2. The first-order valence-corrected chi connectivity index (χ1v) is 8.41. The minimum absolute atomic E-state index is 0.0714. The quantitative estimate of drug-likeness (QED) is 0.756. The fourth-order valence-electron chi connectivity index (χ4n) is 2.64. The Morgan fingerprint density at radius 3 is 2.48 bits per heavy atom. The number of nitrogens with zero attached hydrogens (tertiary/aromatic N) is 1. The third kappa shape index (κ3) is 5.63. The smallest absolute Gasteiger partial charge is 0.410 e. The van der Waals surface area contributed by atoms with E-state index in [-0.39, 0.29) is 18.2 Å². The Bertz CT molecular complexity index is 609. The fraction of sp³-hybridized carbons (Fsp3) is 0.556. The van der Waals surface area contributed by atoms with Crippen LogP contribution in [0.4, 0.5) is 4.79 Å². The molecule has 1 saturated heterocycles. The molecule has 1 heterocycles. The van der Waals surface area contributed by atoms with Gasteiger partial charge in [0.1, 0.15) is 11.4 Å². The predicted octanol–water partition coefficient (Wildman–Crippen LogP) is 1.88. The molecule has 1 aromatic carbocycles. The Balaban J connectivity index is 2.05. The van der Waals surface area contributed by atoms with Crippen molar-refractivity contribution in [2.75, 3.05) is 13.1 Å². The van der Waals surface area contributed by atoms with Crippen LogP contribution in [0.25, 0.3) is 0 Å². The lowest BCUT2D eigenvalue weighted by Crippen LogP contribution is -2.50. The van der Waals surface area contributed by atoms with E-state index >= 15 is 0 Å². The van der Waals surface area contributed by atoms with Crippen molar-refractivity contribution in [1.82, 2.24) is 10.2 Å². The fourth-order valence-corrected chi connectivity index (χ4v) is 2.64. The van der Waals surface area contributed by atoms with Crippen molar-refractivity contribution in [3.63, 3.8) is 0 Å². The summed E-state index contributed by atoms with van der Waals surface area (Å²) in [7, 11) is 0. The standard InChI is InChI=1S/C18H26N2O5/c1-18(2,3)25-17(24)20-10-4-5-15(22)14(11-20)19-16(23)12-6-8-13(21)9-7-12/h6-9,14-15,21-22H,4-5,10-11H2,1-3H3,(H,19,23)/t14-,15-/m1/s1. The second kappa shape index (κ2) is 7.74. The number of benzene rings is 1. The monoisotopic (exact) mass is 350 g/mol. The van der Waals surface area contributed by atoms with Crippen LogP contribution in [0.1, 0.15) is 44.0 Å². The molecule has 1 aliphatic rings. The van der Waals surface area contributed by atoms with Gasteiger partial charge >= 0.3 is 6.09 Å². The summed E-state index contributed by atoms with van der Waals surface area (Å²) in [5.74, 6) is -0.294. The van der Waals surface area contributed by atoms with E-state index in [1.807, 2.05) is 0 Å². The molecule has 2 atom stereocenters. The number of hydrogen-bond acceptors (Lipinski definition) is 5. The normalized spacial score (nSPS) is 21.4.